The summed E-state index contributed by atoms with van der Waals surface area (Å²) in [7, 11) is 1.65. The van der Waals surface area contributed by atoms with Crippen molar-refractivity contribution in [2.24, 2.45) is 0 Å². The number of carbonyl (C=O) groups is 1. The molecule has 1 saturated heterocycles. The molecule has 8 heteroatoms. The van der Waals surface area contributed by atoms with Gasteiger partial charge in [0.1, 0.15) is 12.3 Å². The lowest BCUT2D eigenvalue weighted by Crippen LogP contribution is -2.49. The highest BCUT2D eigenvalue weighted by Gasteiger charge is 2.23. The Morgan fingerprint density at radius 1 is 1.06 bits per heavy atom. The SMILES string of the molecule is COc1cc(N2CCN(C(=O)Cn3cnc(-c4ccccc4)c3)CC2)ccc1-c1cnc(C)o1. The third kappa shape index (κ3) is 4.52. The first-order valence-corrected chi connectivity index (χ1v) is 11.3. The summed E-state index contributed by atoms with van der Waals surface area (Å²) in [6.07, 6.45) is 5.36. The maximum Gasteiger partial charge on any atom is 0.242 e. The van der Waals surface area contributed by atoms with Crippen LogP contribution in [0.1, 0.15) is 5.89 Å². The van der Waals surface area contributed by atoms with Crippen LogP contribution in [-0.4, -0.2) is 58.6 Å². The van der Waals surface area contributed by atoms with Gasteiger partial charge in [-0.25, -0.2) is 9.97 Å². The summed E-state index contributed by atoms with van der Waals surface area (Å²) in [4.78, 5) is 25.7. The van der Waals surface area contributed by atoms with E-state index in [0.29, 0.717) is 31.3 Å². The molecule has 1 aliphatic rings. The second-order valence-electron chi connectivity index (χ2n) is 8.29. The van der Waals surface area contributed by atoms with E-state index in [1.807, 2.05) is 65.1 Å². The number of methoxy groups -OCH3 is 1. The molecule has 5 rings (SSSR count). The van der Waals surface area contributed by atoms with Gasteiger partial charge in [0.05, 0.1) is 30.9 Å². The number of piperazine rings is 1. The maximum absolute atomic E-state index is 12.9. The highest BCUT2D eigenvalue weighted by Crippen LogP contribution is 2.34. The van der Waals surface area contributed by atoms with Gasteiger partial charge < -0.3 is 23.5 Å². The molecule has 2 aromatic carbocycles. The zero-order chi connectivity index (χ0) is 23.5. The van der Waals surface area contributed by atoms with Crippen LogP contribution in [0.4, 0.5) is 5.69 Å². The summed E-state index contributed by atoms with van der Waals surface area (Å²) < 4.78 is 13.1. The lowest BCUT2D eigenvalue weighted by molar-refractivity contribution is -0.132. The van der Waals surface area contributed by atoms with E-state index in [2.05, 4.69) is 20.9 Å². The molecule has 3 heterocycles. The quantitative estimate of drug-likeness (QED) is 0.438. The van der Waals surface area contributed by atoms with Crippen molar-refractivity contribution in [1.82, 2.24) is 19.4 Å². The minimum Gasteiger partial charge on any atom is -0.496 e. The molecule has 0 spiro atoms. The highest BCUT2D eigenvalue weighted by atomic mass is 16.5. The Labute approximate surface area is 198 Å². The minimum absolute atomic E-state index is 0.102. The Morgan fingerprint density at radius 3 is 2.56 bits per heavy atom. The third-order valence-electron chi connectivity index (χ3n) is 6.09. The minimum atomic E-state index is 0.102. The van der Waals surface area contributed by atoms with Crippen LogP contribution in [0.3, 0.4) is 0 Å². The fourth-order valence-corrected chi connectivity index (χ4v) is 4.24. The smallest absolute Gasteiger partial charge is 0.242 e. The molecule has 0 radical (unpaired) electrons. The molecular weight excluding hydrogens is 430 g/mol. The van der Waals surface area contributed by atoms with E-state index in [1.54, 1.807) is 19.6 Å². The summed E-state index contributed by atoms with van der Waals surface area (Å²) in [5.41, 5.74) is 3.85. The Morgan fingerprint density at radius 2 is 1.85 bits per heavy atom. The van der Waals surface area contributed by atoms with Crippen LogP contribution >= 0.6 is 0 Å². The number of carbonyl (C=O) groups excluding carboxylic acids is 1. The first-order valence-electron chi connectivity index (χ1n) is 11.3. The molecule has 0 aliphatic carbocycles. The van der Waals surface area contributed by atoms with E-state index in [1.165, 1.54) is 0 Å². The second-order valence-corrected chi connectivity index (χ2v) is 8.29. The average molecular weight is 458 g/mol. The van der Waals surface area contributed by atoms with Crippen LogP contribution < -0.4 is 9.64 Å². The number of oxazole rings is 1. The number of benzene rings is 2. The first kappa shape index (κ1) is 21.8. The van der Waals surface area contributed by atoms with E-state index < -0.39 is 0 Å². The van der Waals surface area contributed by atoms with Gasteiger partial charge in [-0.15, -0.1) is 0 Å². The Balaban J connectivity index is 1.20. The molecule has 0 saturated carbocycles. The topological polar surface area (TPSA) is 76.6 Å². The largest absolute Gasteiger partial charge is 0.496 e. The zero-order valence-corrected chi connectivity index (χ0v) is 19.3. The highest BCUT2D eigenvalue weighted by molar-refractivity contribution is 5.77. The number of hydrogen-bond acceptors (Lipinski definition) is 6. The maximum atomic E-state index is 12.9. The standard InChI is InChI=1S/C26H27N5O3/c1-19-27-15-25(34-19)22-9-8-21(14-24(22)33-2)30-10-12-31(13-11-30)26(32)17-29-16-23(28-18-29)20-6-4-3-5-7-20/h3-9,14-16,18H,10-13,17H2,1-2H3. The van der Waals surface area contributed by atoms with Gasteiger partial charge in [0.15, 0.2) is 11.7 Å². The first-order chi connectivity index (χ1) is 16.6. The molecule has 1 amide bonds. The number of anilines is 1. The molecule has 1 fully saturated rings. The van der Waals surface area contributed by atoms with Crippen LogP contribution in [0.25, 0.3) is 22.6 Å². The molecule has 0 N–H and O–H groups in total. The number of amides is 1. The number of ether oxygens (including phenoxy) is 1. The summed E-state index contributed by atoms with van der Waals surface area (Å²) >= 11 is 0. The number of aromatic nitrogens is 3. The predicted octanol–water partition coefficient (Wildman–Crippen LogP) is 3.87. The van der Waals surface area contributed by atoms with Crippen molar-refractivity contribution in [3.63, 3.8) is 0 Å². The molecule has 0 unspecified atom stereocenters. The predicted molar refractivity (Wildman–Crippen MR) is 130 cm³/mol. The Bertz CT molecular complexity index is 1270. The van der Waals surface area contributed by atoms with Crippen LogP contribution in [0.2, 0.25) is 0 Å². The van der Waals surface area contributed by atoms with Gasteiger partial charge in [0.2, 0.25) is 5.91 Å². The molecule has 4 aromatic rings. The van der Waals surface area contributed by atoms with E-state index in [0.717, 1.165) is 41.3 Å². The van der Waals surface area contributed by atoms with E-state index in [4.69, 9.17) is 9.15 Å². The average Bonchev–Trinajstić information content (AvgIpc) is 3.53. The van der Waals surface area contributed by atoms with Crippen molar-refractivity contribution in [2.45, 2.75) is 13.5 Å². The monoisotopic (exact) mass is 457 g/mol. The third-order valence-corrected chi connectivity index (χ3v) is 6.09. The molecule has 0 bridgehead atoms. The van der Waals surface area contributed by atoms with Crippen LogP contribution in [0.15, 0.2) is 71.7 Å². The van der Waals surface area contributed by atoms with Gasteiger partial charge in [-0.1, -0.05) is 30.3 Å². The summed E-state index contributed by atoms with van der Waals surface area (Å²) in [6, 6.07) is 16.0. The lowest BCUT2D eigenvalue weighted by Gasteiger charge is -2.36. The number of aryl methyl sites for hydroxylation is 1. The van der Waals surface area contributed by atoms with Crippen LogP contribution in [0, 0.1) is 6.92 Å². The van der Waals surface area contributed by atoms with Crippen molar-refractivity contribution >= 4 is 11.6 Å². The van der Waals surface area contributed by atoms with Gasteiger partial charge >= 0.3 is 0 Å². The van der Waals surface area contributed by atoms with Crippen molar-refractivity contribution in [2.75, 3.05) is 38.2 Å². The lowest BCUT2D eigenvalue weighted by atomic mass is 10.1. The summed E-state index contributed by atoms with van der Waals surface area (Å²) in [5.74, 6) is 2.15. The molecule has 1 aliphatic heterocycles. The van der Waals surface area contributed by atoms with Crippen molar-refractivity contribution in [1.29, 1.82) is 0 Å². The number of imidazole rings is 1. The van der Waals surface area contributed by atoms with Gasteiger partial charge in [0.25, 0.3) is 0 Å². The Hall–Kier alpha value is -4.07. The van der Waals surface area contributed by atoms with Gasteiger partial charge in [0, 0.05) is 56.6 Å². The fourth-order valence-electron chi connectivity index (χ4n) is 4.24. The van der Waals surface area contributed by atoms with Gasteiger partial charge in [-0.05, 0) is 12.1 Å². The Kier molecular flexibility index (Phi) is 6.03. The second kappa shape index (κ2) is 9.43. The van der Waals surface area contributed by atoms with Crippen molar-refractivity contribution < 1.29 is 13.9 Å². The summed E-state index contributed by atoms with van der Waals surface area (Å²) in [6.45, 7) is 4.97. The molecule has 0 atom stereocenters. The molecule has 34 heavy (non-hydrogen) atoms. The summed E-state index contributed by atoms with van der Waals surface area (Å²) in [5, 5.41) is 0. The molecule has 2 aromatic heterocycles. The zero-order valence-electron chi connectivity index (χ0n) is 19.3. The number of nitrogens with zero attached hydrogens (tertiary/aromatic N) is 5. The normalized spacial score (nSPS) is 13.8. The molecule has 8 nitrogen and oxygen atoms in total. The molecular formula is C26H27N5O3. The number of hydrogen-bond donors (Lipinski definition) is 0. The number of rotatable bonds is 6. The fraction of sp³-hybridized carbons (Fsp3) is 0.269. The van der Waals surface area contributed by atoms with Gasteiger partial charge in [-0.3, -0.25) is 4.79 Å². The van der Waals surface area contributed by atoms with Crippen LogP contribution in [-0.2, 0) is 11.3 Å². The van der Waals surface area contributed by atoms with Gasteiger partial charge in [-0.2, -0.15) is 0 Å². The van der Waals surface area contributed by atoms with Crippen molar-refractivity contribution in [3.8, 4) is 28.3 Å². The molecule has 174 valence electrons. The van der Waals surface area contributed by atoms with E-state index >= 15 is 0 Å². The van der Waals surface area contributed by atoms with E-state index in [-0.39, 0.29) is 5.91 Å². The van der Waals surface area contributed by atoms with Crippen LogP contribution in [0.5, 0.6) is 5.75 Å². The van der Waals surface area contributed by atoms with Crippen molar-refractivity contribution in [3.05, 3.63) is 73.1 Å². The van der Waals surface area contributed by atoms with E-state index in [9.17, 15) is 4.79 Å².